The van der Waals surface area contributed by atoms with Gasteiger partial charge in [-0.1, -0.05) is 12.1 Å². The van der Waals surface area contributed by atoms with Crippen molar-refractivity contribution >= 4 is 5.91 Å². The van der Waals surface area contributed by atoms with Gasteiger partial charge in [-0.3, -0.25) is 9.59 Å². The smallest absolute Gasteiger partial charge is 0.278 e. The molecule has 1 aliphatic heterocycles. The van der Waals surface area contributed by atoms with Gasteiger partial charge < -0.3 is 10.2 Å². The maximum atomic E-state index is 14.1. The highest BCUT2D eigenvalue weighted by molar-refractivity contribution is 5.92. The number of carbonyl (C=O) groups excluding carboxylic acids is 1. The van der Waals surface area contributed by atoms with Crippen LogP contribution in [0, 0.1) is 12.7 Å². The normalized spacial score (nSPS) is 17.8. The van der Waals surface area contributed by atoms with Crippen molar-refractivity contribution in [2.75, 3.05) is 19.6 Å². The zero-order valence-electron chi connectivity index (χ0n) is 13.6. The van der Waals surface area contributed by atoms with Crippen molar-refractivity contribution in [1.82, 2.24) is 20.0 Å². The first-order chi connectivity index (χ1) is 11.5. The van der Waals surface area contributed by atoms with E-state index >= 15 is 0 Å². The number of amides is 1. The molecule has 1 fully saturated rings. The second-order valence-corrected chi connectivity index (χ2v) is 5.91. The highest BCUT2D eigenvalue weighted by Crippen LogP contribution is 2.14. The van der Waals surface area contributed by atoms with Gasteiger partial charge in [0.1, 0.15) is 11.5 Å². The fourth-order valence-electron chi connectivity index (χ4n) is 2.84. The number of nitrogens with one attached hydrogen (secondary N) is 1. The molecule has 0 radical (unpaired) electrons. The van der Waals surface area contributed by atoms with Gasteiger partial charge in [0.2, 0.25) is 5.43 Å². The largest absolute Gasteiger partial charge is 0.332 e. The summed E-state index contributed by atoms with van der Waals surface area (Å²) in [5.41, 5.74) is 0.0424. The number of rotatable bonds is 2. The molecule has 1 amide bonds. The minimum atomic E-state index is -0.467. The Labute approximate surface area is 138 Å². The van der Waals surface area contributed by atoms with Gasteiger partial charge in [0.25, 0.3) is 5.91 Å². The zero-order valence-corrected chi connectivity index (χ0v) is 13.6. The first kappa shape index (κ1) is 16.3. The number of aromatic nitrogens is 2. The molecule has 6 nitrogen and oxygen atoms in total. The van der Waals surface area contributed by atoms with E-state index < -0.39 is 17.2 Å². The first-order valence-corrected chi connectivity index (χ1v) is 7.86. The summed E-state index contributed by atoms with van der Waals surface area (Å²) in [6, 6.07) is 7.41. The van der Waals surface area contributed by atoms with Gasteiger partial charge in [-0.2, -0.15) is 5.10 Å². The molecule has 24 heavy (non-hydrogen) atoms. The van der Waals surface area contributed by atoms with Crippen molar-refractivity contribution in [2.45, 2.75) is 19.9 Å². The van der Waals surface area contributed by atoms with Gasteiger partial charge >= 0.3 is 0 Å². The van der Waals surface area contributed by atoms with Gasteiger partial charge in [0, 0.05) is 37.4 Å². The molecule has 1 aliphatic rings. The Balaban J connectivity index is 2.06. The molecular formula is C17H19FN4O2. The molecule has 0 spiro atoms. The Kier molecular flexibility index (Phi) is 4.44. The molecule has 0 saturated carbocycles. The SMILES string of the molecule is Cc1cc(=O)c(C(=O)N2CCNCC2C)nn1-c1ccccc1F. The van der Waals surface area contributed by atoms with Crippen molar-refractivity contribution in [2.24, 2.45) is 0 Å². The number of hydrogen-bond donors (Lipinski definition) is 1. The number of carbonyl (C=O) groups is 1. The van der Waals surface area contributed by atoms with Gasteiger partial charge in [-0.05, 0) is 26.0 Å². The van der Waals surface area contributed by atoms with Crippen LogP contribution in [0.3, 0.4) is 0 Å². The Bertz CT molecular complexity index is 834. The predicted molar refractivity (Wildman–Crippen MR) is 87.9 cm³/mol. The standard InChI is InChI=1S/C17H19FN4O2/c1-11-9-15(23)16(17(24)21-8-7-19-10-12(21)2)20-22(11)14-6-4-3-5-13(14)18/h3-6,9,12,19H,7-8,10H2,1-2H3. The fourth-order valence-corrected chi connectivity index (χ4v) is 2.84. The first-order valence-electron chi connectivity index (χ1n) is 7.86. The lowest BCUT2D eigenvalue weighted by Gasteiger charge is -2.33. The fraction of sp³-hybridized carbons (Fsp3) is 0.353. The van der Waals surface area contributed by atoms with Crippen molar-refractivity contribution in [3.05, 3.63) is 57.8 Å². The molecule has 1 aromatic carbocycles. The number of piperazine rings is 1. The average molecular weight is 330 g/mol. The highest BCUT2D eigenvalue weighted by atomic mass is 19.1. The summed E-state index contributed by atoms with van der Waals surface area (Å²) >= 11 is 0. The number of aryl methyl sites for hydroxylation is 1. The van der Waals surface area contributed by atoms with Crippen LogP contribution in [0.4, 0.5) is 4.39 Å². The number of benzene rings is 1. The molecule has 2 aromatic rings. The molecule has 126 valence electrons. The van der Waals surface area contributed by atoms with E-state index in [2.05, 4.69) is 10.4 Å². The highest BCUT2D eigenvalue weighted by Gasteiger charge is 2.27. The molecule has 2 heterocycles. The number of halogens is 1. The van der Waals surface area contributed by atoms with E-state index in [-0.39, 0.29) is 17.4 Å². The second-order valence-electron chi connectivity index (χ2n) is 5.91. The predicted octanol–water partition coefficient (Wildman–Crippen LogP) is 1.11. The lowest BCUT2D eigenvalue weighted by atomic mass is 10.2. The summed E-state index contributed by atoms with van der Waals surface area (Å²) in [5, 5.41) is 7.36. The minimum absolute atomic E-state index is 0.0318. The van der Waals surface area contributed by atoms with E-state index in [4.69, 9.17) is 0 Å². The van der Waals surface area contributed by atoms with Crippen LogP contribution in [0.25, 0.3) is 5.69 Å². The third kappa shape index (κ3) is 2.94. The van der Waals surface area contributed by atoms with E-state index in [1.807, 2.05) is 6.92 Å². The Morgan fingerprint density at radius 1 is 1.38 bits per heavy atom. The molecule has 1 unspecified atom stereocenters. The van der Waals surface area contributed by atoms with Gasteiger partial charge in [0.15, 0.2) is 5.69 Å². The van der Waals surface area contributed by atoms with Gasteiger partial charge in [-0.25, -0.2) is 9.07 Å². The van der Waals surface area contributed by atoms with Gasteiger partial charge in [0.05, 0.1) is 0 Å². The second kappa shape index (κ2) is 6.52. The third-order valence-electron chi connectivity index (χ3n) is 4.15. The lowest BCUT2D eigenvalue weighted by Crippen LogP contribution is -2.53. The summed E-state index contributed by atoms with van der Waals surface area (Å²) in [7, 11) is 0. The van der Waals surface area contributed by atoms with Crippen molar-refractivity contribution in [1.29, 1.82) is 0 Å². The summed E-state index contributed by atoms with van der Waals surface area (Å²) in [6.07, 6.45) is 0. The Morgan fingerprint density at radius 2 is 2.12 bits per heavy atom. The Morgan fingerprint density at radius 3 is 2.83 bits per heavy atom. The minimum Gasteiger partial charge on any atom is -0.332 e. The van der Waals surface area contributed by atoms with Crippen LogP contribution < -0.4 is 10.7 Å². The zero-order chi connectivity index (χ0) is 17.3. The maximum absolute atomic E-state index is 14.1. The van der Waals surface area contributed by atoms with E-state index in [1.54, 1.807) is 30.0 Å². The summed E-state index contributed by atoms with van der Waals surface area (Å²) in [6.45, 7) is 5.41. The molecular weight excluding hydrogens is 311 g/mol. The topological polar surface area (TPSA) is 67.2 Å². The van der Waals surface area contributed by atoms with Crippen molar-refractivity contribution < 1.29 is 9.18 Å². The van der Waals surface area contributed by atoms with Crippen LogP contribution in [0.1, 0.15) is 23.1 Å². The van der Waals surface area contributed by atoms with Gasteiger partial charge in [-0.15, -0.1) is 0 Å². The molecule has 0 aliphatic carbocycles. The molecule has 1 atom stereocenters. The van der Waals surface area contributed by atoms with Crippen LogP contribution in [-0.4, -0.2) is 46.3 Å². The number of hydrogen-bond acceptors (Lipinski definition) is 4. The van der Waals surface area contributed by atoms with Crippen molar-refractivity contribution in [3.8, 4) is 5.69 Å². The summed E-state index contributed by atoms with van der Waals surface area (Å²) < 4.78 is 15.4. The van der Waals surface area contributed by atoms with Crippen LogP contribution in [0.2, 0.25) is 0 Å². The summed E-state index contributed by atoms with van der Waals surface area (Å²) in [4.78, 5) is 26.6. The van der Waals surface area contributed by atoms with E-state index in [0.717, 1.165) is 0 Å². The van der Waals surface area contributed by atoms with Crippen LogP contribution in [-0.2, 0) is 0 Å². The van der Waals surface area contributed by atoms with Crippen LogP contribution in [0.5, 0.6) is 0 Å². The number of nitrogens with zero attached hydrogens (tertiary/aromatic N) is 3. The van der Waals surface area contributed by atoms with Crippen molar-refractivity contribution in [3.63, 3.8) is 0 Å². The molecule has 0 bridgehead atoms. The molecule has 1 saturated heterocycles. The molecule has 7 heteroatoms. The summed E-state index contributed by atoms with van der Waals surface area (Å²) in [5.74, 6) is -0.884. The molecule has 1 N–H and O–H groups in total. The molecule has 1 aromatic heterocycles. The quantitative estimate of drug-likeness (QED) is 0.896. The van der Waals surface area contributed by atoms with Crippen LogP contribution >= 0.6 is 0 Å². The third-order valence-corrected chi connectivity index (χ3v) is 4.15. The van der Waals surface area contributed by atoms with E-state index in [1.165, 1.54) is 16.8 Å². The number of para-hydroxylation sites is 1. The van der Waals surface area contributed by atoms with E-state index in [9.17, 15) is 14.0 Å². The maximum Gasteiger partial charge on any atom is 0.278 e. The van der Waals surface area contributed by atoms with Crippen LogP contribution in [0.15, 0.2) is 35.1 Å². The lowest BCUT2D eigenvalue weighted by molar-refractivity contribution is 0.0646. The average Bonchev–Trinajstić information content (AvgIpc) is 2.56. The Hall–Kier alpha value is -2.54. The molecule has 3 rings (SSSR count). The monoisotopic (exact) mass is 330 g/mol. The van der Waals surface area contributed by atoms with E-state index in [0.29, 0.717) is 25.3 Å².